The molecule has 0 radical (unpaired) electrons. The highest BCUT2D eigenvalue weighted by molar-refractivity contribution is 5.75. The number of nitrogens with one attached hydrogen (secondary N) is 1. The second-order valence-electron chi connectivity index (χ2n) is 4.62. The van der Waals surface area contributed by atoms with E-state index < -0.39 is 31.6 Å². The molecule has 0 amide bonds. The Bertz CT molecular complexity index is 667. The quantitative estimate of drug-likeness (QED) is 0.438. The van der Waals surface area contributed by atoms with Crippen molar-refractivity contribution in [3.05, 3.63) is 22.6 Å². The fourth-order valence-corrected chi connectivity index (χ4v) is 2.04. The number of aromatic nitrogens is 3. The first-order valence-electron chi connectivity index (χ1n) is 6.39. The molecule has 2 aromatic heterocycles. The fraction of sp³-hybridized carbons (Fsp3) is 0.500. The summed E-state index contributed by atoms with van der Waals surface area (Å²) in [6, 6.07) is 1.57. The molecule has 0 fully saturated rings. The molecular formula is C12H18N4O5. The maximum atomic E-state index is 11.7. The Labute approximate surface area is 119 Å². The smallest absolute Gasteiger partial charge is 0.261 e. The first-order valence-corrected chi connectivity index (χ1v) is 6.39. The SMILES string of the molecule is CC(O[C@H](CO)[C@@H](O)CO)n1ccc2c(=O)[nH]c(N)nc21. The zero-order valence-electron chi connectivity index (χ0n) is 11.4. The summed E-state index contributed by atoms with van der Waals surface area (Å²) in [7, 11) is 0. The van der Waals surface area contributed by atoms with Gasteiger partial charge in [0.05, 0.1) is 18.6 Å². The summed E-state index contributed by atoms with van der Waals surface area (Å²) in [4.78, 5) is 18.2. The van der Waals surface area contributed by atoms with Gasteiger partial charge in [0.25, 0.3) is 5.56 Å². The average Bonchev–Trinajstić information content (AvgIpc) is 2.87. The number of nitrogens with two attached hydrogens (primary N) is 1. The average molecular weight is 298 g/mol. The van der Waals surface area contributed by atoms with Crippen LogP contribution in [-0.2, 0) is 4.74 Å². The van der Waals surface area contributed by atoms with Crippen LogP contribution >= 0.6 is 0 Å². The van der Waals surface area contributed by atoms with Gasteiger partial charge in [0.1, 0.15) is 18.4 Å². The highest BCUT2D eigenvalue weighted by Gasteiger charge is 2.22. The first-order chi connectivity index (χ1) is 9.97. The van der Waals surface area contributed by atoms with Crippen LogP contribution in [0.15, 0.2) is 17.1 Å². The lowest BCUT2D eigenvalue weighted by Crippen LogP contribution is -2.36. The third-order valence-corrected chi connectivity index (χ3v) is 3.16. The number of H-pyrrole nitrogens is 1. The minimum atomic E-state index is -1.21. The molecule has 9 heteroatoms. The van der Waals surface area contributed by atoms with E-state index in [9.17, 15) is 15.0 Å². The number of rotatable bonds is 6. The van der Waals surface area contributed by atoms with Gasteiger partial charge in [-0.15, -0.1) is 0 Å². The van der Waals surface area contributed by atoms with Crippen LogP contribution in [-0.4, -0.2) is 55.3 Å². The van der Waals surface area contributed by atoms with Crippen molar-refractivity contribution in [2.75, 3.05) is 18.9 Å². The molecule has 0 saturated carbocycles. The topological polar surface area (TPSA) is 147 Å². The van der Waals surface area contributed by atoms with Gasteiger partial charge in [-0.2, -0.15) is 4.98 Å². The van der Waals surface area contributed by atoms with Gasteiger partial charge in [-0.25, -0.2) is 0 Å². The van der Waals surface area contributed by atoms with Crippen molar-refractivity contribution in [2.24, 2.45) is 0 Å². The maximum absolute atomic E-state index is 11.7. The van der Waals surface area contributed by atoms with Crippen molar-refractivity contribution < 1.29 is 20.1 Å². The van der Waals surface area contributed by atoms with Gasteiger partial charge in [-0.1, -0.05) is 0 Å². The predicted octanol–water partition coefficient (Wildman–Crippen LogP) is -1.44. The normalized spacial score (nSPS) is 16.0. The van der Waals surface area contributed by atoms with Crippen LogP contribution in [0.1, 0.15) is 13.2 Å². The number of aromatic amines is 1. The van der Waals surface area contributed by atoms with Crippen molar-refractivity contribution in [1.82, 2.24) is 14.5 Å². The molecule has 0 bridgehead atoms. The molecule has 2 heterocycles. The zero-order chi connectivity index (χ0) is 15.6. The van der Waals surface area contributed by atoms with Gasteiger partial charge in [0, 0.05) is 6.20 Å². The van der Waals surface area contributed by atoms with E-state index in [1.54, 1.807) is 23.8 Å². The third kappa shape index (κ3) is 3.05. The number of aliphatic hydroxyl groups is 3. The minimum Gasteiger partial charge on any atom is -0.394 e. The Hall–Kier alpha value is -1.94. The number of ether oxygens (including phenoxy) is 1. The molecule has 0 spiro atoms. The second kappa shape index (κ2) is 6.22. The molecule has 0 aromatic carbocycles. The Morgan fingerprint density at radius 2 is 2.19 bits per heavy atom. The molecule has 116 valence electrons. The van der Waals surface area contributed by atoms with Crippen LogP contribution in [0.2, 0.25) is 0 Å². The molecule has 0 aliphatic rings. The number of fused-ring (bicyclic) bond motifs is 1. The predicted molar refractivity (Wildman–Crippen MR) is 74.5 cm³/mol. The second-order valence-corrected chi connectivity index (χ2v) is 4.62. The maximum Gasteiger partial charge on any atom is 0.261 e. The van der Waals surface area contributed by atoms with Gasteiger partial charge in [-0.05, 0) is 13.0 Å². The lowest BCUT2D eigenvalue weighted by atomic mass is 10.2. The van der Waals surface area contributed by atoms with E-state index in [1.165, 1.54) is 0 Å². The van der Waals surface area contributed by atoms with Crippen molar-refractivity contribution in [3.63, 3.8) is 0 Å². The Morgan fingerprint density at radius 1 is 1.48 bits per heavy atom. The molecular weight excluding hydrogens is 280 g/mol. The molecule has 2 aromatic rings. The van der Waals surface area contributed by atoms with E-state index in [0.29, 0.717) is 11.0 Å². The number of aliphatic hydroxyl groups excluding tert-OH is 3. The minimum absolute atomic E-state index is 0.0197. The van der Waals surface area contributed by atoms with E-state index in [0.717, 1.165) is 0 Å². The van der Waals surface area contributed by atoms with Crippen LogP contribution in [0.3, 0.4) is 0 Å². The molecule has 1 unspecified atom stereocenters. The zero-order valence-corrected chi connectivity index (χ0v) is 11.4. The summed E-state index contributed by atoms with van der Waals surface area (Å²) in [5, 5.41) is 28.0. The Balaban J connectivity index is 2.31. The van der Waals surface area contributed by atoms with Crippen LogP contribution in [0.25, 0.3) is 11.0 Å². The van der Waals surface area contributed by atoms with Crippen molar-refractivity contribution in [1.29, 1.82) is 0 Å². The lowest BCUT2D eigenvalue weighted by molar-refractivity contribution is -0.125. The van der Waals surface area contributed by atoms with Gasteiger partial charge < -0.3 is 30.4 Å². The van der Waals surface area contributed by atoms with Crippen molar-refractivity contribution >= 4 is 17.0 Å². The van der Waals surface area contributed by atoms with E-state index in [2.05, 4.69) is 9.97 Å². The van der Waals surface area contributed by atoms with E-state index in [4.69, 9.17) is 15.6 Å². The van der Waals surface area contributed by atoms with Gasteiger partial charge in [-0.3, -0.25) is 9.78 Å². The van der Waals surface area contributed by atoms with Crippen LogP contribution in [0.5, 0.6) is 0 Å². The van der Waals surface area contributed by atoms with E-state index >= 15 is 0 Å². The molecule has 0 aliphatic carbocycles. The Morgan fingerprint density at radius 3 is 2.81 bits per heavy atom. The summed E-state index contributed by atoms with van der Waals surface area (Å²) in [5.74, 6) is -0.0197. The third-order valence-electron chi connectivity index (χ3n) is 3.16. The summed E-state index contributed by atoms with van der Waals surface area (Å²) in [5.41, 5.74) is 5.49. The first kappa shape index (κ1) is 15.4. The highest BCUT2D eigenvalue weighted by atomic mass is 16.5. The largest absolute Gasteiger partial charge is 0.394 e. The fourth-order valence-electron chi connectivity index (χ4n) is 2.04. The summed E-state index contributed by atoms with van der Waals surface area (Å²) >= 11 is 0. The van der Waals surface area contributed by atoms with Crippen molar-refractivity contribution in [3.8, 4) is 0 Å². The lowest BCUT2D eigenvalue weighted by Gasteiger charge is -2.25. The monoisotopic (exact) mass is 298 g/mol. The summed E-state index contributed by atoms with van der Waals surface area (Å²) in [6.07, 6.45) is -1.20. The number of hydrogen-bond acceptors (Lipinski definition) is 7. The molecule has 3 atom stereocenters. The standard InChI is InChI=1S/C12H18N4O5/c1-6(21-9(5-18)8(19)4-17)16-3-2-7-10(16)14-12(13)15-11(7)20/h2-3,6,8-9,17-19H,4-5H2,1H3,(H3,13,14,15,20)/t6?,8-,9+/m0/s1. The molecule has 6 N–H and O–H groups in total. The van der Waals surface area contributed by atoms with Crippen LogP contribution < -0.4 is 11.3 Å². The van der Waals surface area contributed by atoms with Gasteiger partial charge >= 0.3 is 0 Å². The molecule has 9 nitrogen and oxygen atoms in total. The highest BCUT2D eigenvalue weighted by Crippen LogP contribution is 2.19. The number of anilines is 1. The summed E-state index contributed by atoms with van der Waals surface area (Å²) in [6.45, 7) is 0.669. The van der Waals surface area contributed by atoms with E-state index in [-0.39, 0.29) is 11.5 Å². The molecule has 0 aliphatic heterocycles. The number of nitrogen functional groups attached to an aromatic ring is 1. The molecule has 2 rings (SSSR count). The Kier molecular flexibility index (Phi) is 4.58. The molecule has 21 heavy (non-hydrogen) atoms. The van der Waals surface area contributed by atoms with Crippen LogP contribution in [0.4, 0.5) is 5.95 Å². The number of hydrogen-bond donors (Lipinski definition) is 5. The van der Waals surface area contributed by atoms with Crippen molar-refractivity contribution in [2.45, 2.75) is 25.4 Å². The molecule has 0 saturated heterocycles. The van der Waals surface area contributed by atoms with E-state index in [1.807, 2.05) is 0 Å². The summed E-state index contributed by atoms with van der Waals surface area (Å²) < 4.78 is 7.04. The van der Waals surface area contributed by atoms with Crippen LogP contribution in [0, 0.1) is 0 Å². The van der Waals surface area contributed by atoms with Gasteiger partial charge in [0.15, 0.2) is 5.65 Å². The van der Waals surface area contributed by atoms with Gasteiger partial charge in [0.2, 0.25) is 5.95 Å². The number of nitrogens with zero attached hydrogens (tertiary/aromatic N) is 2.